The maximum Gasteiger partial charge on any atom is 0.306 e. The van der Waals surface area contributed by atoms with Gasteiger partial charge in [-0.05, 0) is 17.7 Å². The Bertz CT molecular complexity index is 1560. The van der Waals surface area contributed by atoms with E-state index in [1.54, 1.807) is 34.9 Å². The third-order valence-electron chi connectivity index (χ3n) is 4.94. The molecule has 12 heteroatoms. The number of carbonyl (C=O) groups excluding carboxylic acids is 2. The van der Waals surface area contributed by atoms with Gasteiger partial charge in [0.05, 0.1) is 33.1 Å². The minimum absolute atomic E-state index is 0.00302. The molecular weight excluding hydrogens is 537 g/mol. The zero-order valence-electron chi connectivity index (χ0n) is 18.0. The standard InChI is InChI=1S/C23H16Cl3N3O5S/c1-35(32,33)34-19-8-4-6-14-15(12-29(21(14)19)11-13-5-2-3-7-16(13)24)22(30)23(31)28-20-17(25)9-27-10-18(20)26/h2-10,12H,11H2,1H3,(H,27,28,31). The summed E-state index contributed by atoms with van der Waals surface area (Å²) in [5.74, 6) is -1.89. The molecule has 0 radical (unpaired) electrons. The topological polar surface area (TPSA) is 107 Å². The van der Waals surface area contributed by atoms with E-state index in [1.807, 2.05) is 0 Å². The lowest BCUT2D eigenvalue weighted by atomic mass is 10.1. The molecule has 0 saturated carbocycles. The molecule has 1 N–H and O–H groups in total. The maximum absolute atomic E-state index is 13.2. The van der Waals surface area contributed by atoms with Crippen LogP contribution in [0.3, 0.4) is 0 Å². The molecule has 2 heterocycles. The highest BCUT2D eigenvalue weighted by Gasteiger charge is 2.25. The summed E-state index contributed by atoms with van der Waals surface area (Å²) >= 11 is 18.4. The molecule has 0 saturated heterocycles. The fourth-order valence-electron chi connectivity index (χ4n) is 3.50. The number of halogens is 3. The van der Waals surface area contributed by atoms with Gasteiger partial charge < -0.3 is 14.1 Å². The van der Waals surface area contributed by atoms with Gasteiger partial charge in [0.15, 0.2) is 5.75 Å². The molecule has 0 bridgehead atoms. The van der Waals surface area contributed by atoms with Crippen LogP contribution in [-0.4, -0.2) is 35.9 Å². The number of ketones is 1. The lowest BCUT2D eigenvalue weighted by Crippen LogP contribution is -2.23. The first-order valence-electron chi connectivity index (χ1n) is 9.94. The minimum atomic E-state index is -3.88. The second kappa shape index (κ2) is 9.87. The van der Waals surface area contributed by atoms with Crippen molar-refractivity contribution in [3.8, 4) is 5.75 Å². The molecule has 1 amide bonds. The SMILES string of the molecule is CS(=O)(=O)Oc1cccc2c(C(=O)C(=O)Nc3c(Cl)cncc3Cl)cn(Cc3ccccc3Cl)c12. The molecule has 2 aromatic heterocycles. The highest BCUT2D eigenvalue weighted by molar-refractivity contribution is 7.86. The molecule has 0 aliphatic carbocycles. The van der Waals surface area contributed by atoms with E-state index < -0.39 is 21.8 Å². The van der Waals surface area contributed by atoms with Crippen LogP contribution in [0, 0.1) is 0 Å². The van der Waals surface area contributed by atoms with Gasteiger partial charge in [-0.1, -0.05) is 65.1 Å². The summed E-state index contributed by atoms with van der Waals surface area (Å²) in [4.78, 5) is 29.9. The lowest BCUT2D eigenvalue weighted by molar-refractivity contribution is -0.112. The third kappa shape index (κ3) is 5.43. The number of aromatic nitrogens is 2. The number of nitrogens with zero attached hydrogens (tertiary/aromatic N) is 2. The molecule has 4 aromatic rings. The zero-order chi connectivity index (χ0) is 25.3. The average Bonchev–Trinajstić information content (AvgIpc) is 3.15. The van der Waals surface area contributed by atoms with Crippen molar-refractivity contribution < 1.29 is 22.2 Å². The number of carbonyl (C=O) groups is 2. The molecule has 35 heavy (non-hydrogen) atoms. The molecule has 180 valence electrons. The highest BCUT2D eigenvalue weighted by atomic mass is 35.5. The second-order valence-electron chi connectivity index (χ2n) is 7.46. The number of hydrogen-bond donors (Lipinski definition) is 1. The molecule has 8 nitrogen and oxygen atoms in total. The number of pyridine rings is 1. The summed E-state index contributed by atoms with van der Waals surface area (Å²) < 4.78 is 30.5. The van der Waals surface area contributed by atoms with Crippen LogP contribution >= 0.6 is 34.8 Å². The van der Waals surface area contributed by atoms with Gasteiger partial charge >= 0.3 is 10.1 Å². The number of nitrogens with one attached hydrogen (secondary N) is 1. The van der Waals surface area contributed by atoms with Crippen molar-refractivity contribution in [1.29, 1.82) is 0 Å². The summed E-state index contributed by atoms with van der Waals surface area (Å²) in [5.41, 5.74) is 1.07. The van der Waals surface area contributed by atoms with Crippen molar-refractivity contribution in [3.63, 3.8) is 0 Å². The first kappa shape index (κ1) is 25.0. The summed E-state index contributed by atoms with van der Waals surface area (Å²) in [5, 5.41) is 3.32. The van der Waals surface area contributed by atoms with Gasteiger partial charge in [0.1, 0.15) is 0 Å². The summed E-state index contributed by atoms with van der Waals surface area (Å²) in [6, 6.07) is 11.6. The number of hydrogen-bond acceptors (Lipinski definition) is 6. The molecule has 0 atom stereocenters. The van der Waals surface area contributed by atoms with Crippen LogP contribution in [0.15, 0.2) is 61.1 Å². The monoisotopic (exact) mass is 551 g/mol. The number of amides is 1. The Morgan fingerprint density at radius 3 is 2.34 bits per heavy atom. The normalized spacial score (nSPS) is 11.4. The lowest BCUT2D eigenvalue weighted by Gasteiger charge is -2.11. The summed E-state index contributed by atoms with van der Waals surface area (Å²) in [6.07, 6.45) is 4.91. The maximum atomic E-state index is 13.2. The molecule has 0 aliphatic rings. The van der Waals surface area contributed by atoms with Crippen molar-refractivity contribution in [2.45, 2.75) is 6.54 Å². The van der Waals surface area contributed by atoms with Crippen molar-refractivity contribution in [1.82, 2.24) is 9.55 Å². The van der Waals surface area contributed by atoms with E-state index >= 15 is 0 Å². The Morgan fingerprint density at radius 2 is 1.69 bits per heavy atom. The van der Waals surface area contributed by atoms with Crippen molar-refractivity contribution in [3.05, 3.63) is 87.2 Å². The van der Waals surface area contributed by atoms with Gasteiger partial charge in [-0.25, -0.2) is 0 Å². The van der Waals surface area contributed by atoms with E-state index in [2.05, 4.69) is 10.3 Å². The number of rotatable bonds is 7. The third-order valence-corrected chi connectivity index (χ3v) is 6.37. The van der Waals surface area contributed by atoms with E-state index in [9.17, 15) is 18.0 Å². The highest BCUT2D eigenvalue weighted by Crippen LogP contribution is 2.33. The van der Waals surface area contributed by atoms with E-state index in [-0.39, 0.29) is 33.6 Å². The molecular formula is C23H16Cl3N3O5S. The van der Waals surface area contributed by atoms with Crippen molar-refractivity contribution in [2.24, 2.45) is 0 Å². The summed E-state index contributed by atoms with van der Waals surface area (Å²) in [7, 11) is -3.88. The molecule has 4 rings (SSSR count). The Balaban J connectivity index is 1.82. The molecule has 0 fully saturated rings. The van der Waals surface area contributed by atoms with E-state index in [1.165, 1.54) is 30.7 Å². The van der Waals surface area contributed by atoms with Gasteiger partial charge in [0.25, 0.3) is 11.7 Å². The minimum Gasteiger partial charge on any atom is -0.380 e. The van der Waals surface area contributed by atoms with Crippen LogP contribution in [0.1, 0.15) is 15.9 Å². The van der Waals surface area contributed by atoms with E-state index in [0.29, 0.717) is 21.5 Å². The number of fused-ring (bicyclic) bond motifs is 1. The van der Waals surface area contributed by atoms with Gasteiger partial charge in [-0.15, -0.1) is 0 Å². The number of Topliss-reactive ketones (excluding diaryl/α,β-unsaturated/α-hetero) is 1. The van der Waals surface area contributed by atoms with E-state index in [4.69, 9.17) is 39.0 Å². The van der Waals surface area contributed by atoms with Crippen LogP contribution in [0.5, 0.6) is 5.75 Å². The second-order valence-corrected chi connectivity index (χ2v) is 10.3. The van der Waals surface area contributed by atoms with Crippen LogP contribution in [0.25, 0.3) is 10.9 Å². The quantitative estimate of drug-likeness (QED) is 0.192. The smallest absolute Gasteiger partial charge is 0.306 e. The average molecular weight is 553 g/mol. The zero-order valence-corrected chi connectivity index (χ0v) is 21.0. The number of anilines is 1. The van der Waals surface area contributed by atoms with E-state index in [0.717, 1.165) is 6.26 Å². The van der Waals surface area contributed by atoms with Crippen LogP contribution in [0.2, 0.25) is 15.1 Å². The number of para-hydroxylation sites is 1. The fraction of sp³-hybridized carbons (Fsp3) is 0.0870. The van der Waals surface area contributed by atoms with Crippen LogP contribution in [0.4, 0.5) is 5.69 Å². The molecule has 0 aliphatic heterocycles. The largest absolute Gasteiger partial charge is 0.380 e. The summed E-state index contributed by atoms with van der Waals surface area (Å²) in [6.45, 7) is 0.178. The fourth-order valence-corrected chi connectivity index (χ4v) is 4.61. The van der Waals surface area contributed by atoms with Crippen LogP contribution < -0.4 is 9.50 Å². The molecule has 0 spiro atoms. The predicted octanol–water partition coefficient (Wildman–Crippen LogP) is 5.20. The number of benzene rings is 2. The molecule has 2 aromatic carbocycles. The molecule has 0 unspecified atom stereocenters. The predicted molar refractivity (Wildman–Crippen MR) is 135 cm³/mol. The Kier molecular flexibility index (Phi) is 7.05. The van der Waals surface area contributed by atoms with Crippen LogP contribution in [-0.2, 0) is 21.5 Å². The Hall–Kier alpha value is -3.11. The van der Waals surface area contributed by atoms with Crippen molar-refractivity contribution >= 4 is 73.2 Å². The first-order chi connectivity index (χ1) is 16.5. The Morgan fingerprint density at radius 1 is 1.00 bits per heavy atom. The first-order valence-corrected chi connectivity index (χ1v) is 12.9. The Labute approximate surface area is 215 Å². The van der Waals surface area contributed by atoms with Gasteiger partial charge in [-0.3, -0.25) is 14.6 Å². The van der Waals surface area contributed by atoms with Gasteiger partial charge in [0.2, 0.25) is 0 Å². The van der Waals surface area contributed by atoms with Crippen molar-refractivity contribution in [2.75, 3.05) is 11.6 Å². The van der Waals surface area contributed by atoms with Gasteiger partial charge in [-0.2, -0.15) is 8.42 Å². The van der Waals surface area contributed by atoms with Gasteiger partial charge in [0, 0.05) is 35.5 Å².